The molecule has 1 amide bonds. The van der Waals surface area contributed by atoms with Gasteiger partial charge in [0.1, 0.15) is 6.10 Å². The van der Waals surface area contributed by atoms with Crippen LogP contribution >= 0.6 is 0 Å². The molecule has 1 aliphatic rings. The lowest BCUT2D eigenvalue weighted by atomic mass is 9.92. The van der Waals surface area contributed by atoms with E-state index >= 15 is 0 Å². The first-order valence-corrected chi connectivity index (χ1v) is 8.93. The minimum absolute atomic E-state index is 0.0703. The minimum atomic E-state index is -0.971. The van der Waals surface area contributed by atoms with Gasteiger partial charge in [-0.05, 0) is 42.7 Å². The van der Waals surface area contributed by atoms with Crippen molar-refractivity contribution in [2.45, 2.75) is 18.9 Å². The van der Waals surface area contributed by atoms with Gasteiger partial charge in [0.2, 0.25) is 5.91 Å². The summed E-state index contributed by atoms with van der Waals surface area (Å²) in [5, 5.41) is 16.0. The van der Waals surface area contributed by atoms with E-state index in [1.807, 2.05) is 17.8 Å². The molecule has 2 N–H and O–H groups in total. The first-order chi connectivity index (χ1) is 13.0. The monoisotopic (exact) mass is 369 g/mol. The fourth-order valence-corrected chi connectivity index (χ4v) is 3.24. The van der Waals surface area contributed by atoms with Crippen LogP contribution in [0.15, 0.2) is 42.6 Å². The van der Waals surface area contributed by atoms with Crippen molar-refractivity contribution in [2.75, 3.05) is 13.2 Å². The molecule has 7 nitrogen and oxygen atoms in total. The number of aromatic carboxylic acids is 1. The third kappa shape index (κ3) is 4.83. The second-order valence-electron chi connectivity index (χ2n) is 6.58. The van der Waals surface area contributed by atoms with Crippen LogP contribution in [-0.4, -0.2) is 39.9 Å². The average molecular weight is 369 g/mol. The number of carbonyl (C=O) groups excluding carboxylic acids is 1. The Kier molecular flexibility index (Phi) is 6.03. The standard InChI is InChI=1S/C20H23N3O4/c1-23-17(10-11-22-23)19-16(3-2-12-27-19)13-21-18(24)9-6-14-4-7-15(8-5-14)20(25)26/h4-11,16,19H,2-3,12-13H2,1H3,(H,21,24)(H,25,26)/b9-6+/t16-,19+/m0/s1. The molecule has 3 rings (SSSR count). The molecule has 1 aliphatic heterocycles. The van der Waals surface area contributed by atoms with Crippen molar-refractivity contribution in [3.8, 4) is 0 Å². The molecule has 1 aromatic carbocycles. The van der Waals surface area contributed by atoms with Gasteiger partial charge in [-0.15, -0.1) is 0 Å². The lowest BCUT2D eigenvalue weighted by molar-refractivity contribution is -0.117. The second kappa shape index (κ2) is 8.64. The highest BCUT2D eigenvalue weighted by Gasteiger charge is 2.29. The van der Waals surface area contributed by atoms with Crippen LogP contribution in [0.25, 0.3) is 6.08 Å². The van der Waals surface area contributed by atoms with E-state index in [2.05, 4.69) is 10.4 Å². The van der Waals surface area contributed by atoms with Gasteiger partial charge in [-0.2, -0.15) is 5.10 Å². The number of nitrogens with zero attached hydrogens (tertiary/aromatic N) is 2. The lowest BCUT2D eigenvalue weighted by Crippen LogP contribution is -2.35. The Hall–Kier alpha value is -2.93. The highest BCUT2D eigenvalue weighted by Crippen LogP contribution is 2.32. The van der Waals surface area contributed by atoms with Crippen molar-refractivity contribution >= 4 is 18.0 Å². The quantitative estimate of drug-likeness (QED) is 0.763. The summed E-state index contributed by atoms with van der Waals surface area (Å²) in [5.41, 5.74) is 2.00. The summed E-state index contributed by atoms with van der Waals surface area (Å²) in [6.07, 6.45) is 6.76. The van der Waals surface area contributed by atoms with E-state index in [1.54, 1.807) is 24.4 Å². The zero-order valence-corrected chi connectivity index (χ0v) is 15.2. The molecule has 0 unspecified atom stereocenters. The van der Waals surface area contributed by atoms with Crippen molar-refractivity contribution in [2.24, 2.45) is 13.0 Å². The molecule has 1 aromatic heterocycles. The number of nitrogens with one attached hydrogen (secondary N) is 1. The van der Waals surface area contributed by atoms with Gasteiger partial charge in [-0.1, -0.05) is 12.1 Å². The maximum absolute atomic E-state index is 12.1. The Morgan fingerprint density at radius 1 is 1.33 bits per heavy atom. The van der Waals surface area contributed by atoms with Crippen molar-refractivity contribution in [3.05, 3.63) is 59.4 Å². The molecule has 2 aromatic rings. The normalized spacial score (nSPS) is 19.9. The number of carbonyl (C=O) groups is 2. The Morgan fingerprint density at radius 3 is 2.78 bits per heavy atom. The number of benzene rings is 1. The molecule has 0 spiro atoms. The zero-order chi connectivity index (χ0) is 19.2. The first-order valence-electron chi connectivity index (χ1n) is 8.93. The highest BCUT2D eigenvalue weighted by atomic mass is 16.5. The molecule has 0 radical (unpaired) electrons. The van der Waals surface area contributed by atoms with Gasteiger partial charge in [-0.3, -0.25) is 9.48 Å². The molecule has 0 bridgehead atoms. The minimum Gasteiger partial charge on any atom is -0.478 e. The molecule has 142 valence electrons. The Labute approximate surface area is 157 Å². The van der Waals surface area contributed by atoms with E-state index in [0.717, 1.165) is 24.1 Å². The Morgan fingerprint density at radius 2 is 2.11 bits per heavy atom. The molecule has 1 saturated heterocycles. The van der Waals surface area contributed by atoms with Crippen LogP contribution in [0.4, 0.5) is 0 Å². The lowest BCUT2D eigenvalue weighted by Gasteiger charge is -2.31. The number of carboxylic acid groups (broad SMARTS) is 1. The fraction of sp³-hybridized carbons (Fsp3) is 0.350. The maximum Gasteiger partial charge on any atom is 0.335 e. The van der Waals surface area contributed by atoms with Crippen LogP contribution in [0.1, 0.15) is 40.6 Å². The zero-order valence-electron chi connectivity index (χ0n) is 15.2. The summed E-state index contributed by atoms with van der Waals surface area (Å²) in [6, 6.07) is 8.31. The number of carboxylic acids is 1. The summed E-state index contributed by atoms with van der Waals surface area (Å²) < 4.78 is 7.74. The molecular formula is C20H23N3O4. The van der Waals surface area contributed by atoms with Crippen molar-refractivity contribution in [1.29, 1.82) is 0 Å². The number of hydrogen-bond donors (Lipinski definition) is 2. The topological polar surface area (TPSA) is 93.5 Å². The Balaban J connectivity index is 1.56. The molecular weight excluding hydrogens is 346 g/mol. The van der Waals surface area contributed by atoms with Crippen molar-refractivity contribution in [3.63, 3.8) is 0 Å². The van der Waals surface area contributed by atoms with Crippen molar-refractivity contribution in [1.82, 2.24) is 15.1 Å². The van der Waals surface area contributed by atoms with Crippen LogP contribution in [0.5, 0.6) is 0 Å². The van der Waals surface area contributed by atoms with Gasteiger partial charge >= 0.3 is 5.97 Å². The van der Waals surface area contributed by atoms with Gasteiger partial charge in [-0.25, -0.2) is 4.79 Å². The summed E-state index contributed by atoms with van der Waals surface area (Å²) >= 11 is 0. The summed E-state index contributed by atoms with van der Waals surface area (Å²) in [7, 11) is 1.89. The van der Waals surface area contributed by atoms with Gasteiger partial charge in [0.05, 0.1) is 11.3 Å². The predicted octanol–water partition coefficient (Wildman–Crippen LogP) is 2.42. The van der Waals surface area contributed by atoms with E-state index in [4.69, 9.17) is 9.84 Å². The van der Waals surface area contributed by atoms with Crippen LogP contribution in [0.2, 0.25) is 0 Å². The summed E-state index contributed by atoms with van der Waals surface area (Å²) in [5.74, 6) is -0.964. The van der Waals surface area contributed by atoms with E-state index in [9.17, 15) is 9.59 Å². The first kappa shape index (κ1) is 18.8. The SMILES string of the molecule is Cn1nccc1[C@@H]1OCCC[C@H]1CNC(=O)/C=C/c1ccc(C(=O)O)cc1. The largest absolute Gasteiger partial charge is 0.478 e. The van der Waals surface area contributed by atoms with E-state index in [-0.39, 0.29) is 23.5 Å². The van der Waals surface area contributed by atoms with Gasteiger partial charge in [0.15, 0.2) is 0 Å². The molecule has 2 atom stereocenters. The third-order valence-corrected chi connectivity index (χ3v) is 4.72. The third-order valence-electron chi connectivity index (χ3n) is 4.72. The highest BCUT2D eigenvalue weighted by molar-refractivity contribution is 5.92. The number of ether oxygens (including phenoxy) is 1. The number of aryl methyl sites for hydroxylation is 1. The molecule has 27 heavy (non-hydrogen) atoms. The molecule has 1 fully saturated rings. The van der Waals surface area contributed by atoms with Crippen LogP contribution < -0.4 is 5.32 Å². The van der Waals surface area contributed by atoms with Gasteiger partial charge in [0.25, 0.3) is 0 Å². The van der Waals surface area contributed by atoms with Crippen LogP contribution in [-0.2, 0) is 16.6 Å². The smallest absolute Gasteiger partial charge is 0.335 e. The maximum atomic E-state index is 12.1. The molecule has 2 heterocycles. The molecule has 7 heteroatoms. The number of aromatic nitrogens is 2. The molecule has 0 aliphatic carbocycles. The number of hydrogen-bond acceptors (Lipinski definition) is 4. The summed E-state index contributed by atoms with van der Waals surface area (Å²) in [6.45, 7) is 1.24. The predicted molar refractivity (Wildman–Crippen MR) is 100 cm³/mol. The van der Waals surface area contributed by atoms with Crippen LogP contribution in [0, 0.1) is 5.92 Å². The molecule has 0 saturated carbocycles. The number of amides is 1. The second-order valence-corrected chi connectivity index (χ2v) is 6.58. The van der Waals surface area contributed by atoms with Gasteiger partial charge in [0, 0.05) is 38.4 Å². The average Bonchev–Trinajstić information content (AvgIpc) is 3.11. The van der Waals surface area contributed by atoms with Gasteiger partial charge < -0.3 is 15.2 Å². The number of rotatable bonds is 6. The fourth-order valence-electron chi connectivity index (χ4n) is 3.24. The van der Waals surface area contributed by atoms with Crippen molar-refractivity contribution < 1.29 is 19.4 Å². The van der Waals surface area contributed by atoms with E-state index in [0.29, 0.717) is 13.2 Å². The summed E-state index contributed by atoms with van der Waals surface area (Å²) in [4.78, 5) is 23.0. The van der Waals surface area contributed by atoms with E-state index in [1.165, 1.54) is 18.2 Å². The van der Waals surface area contributed by atoms with E-state index < -0.39 is 5.97 Å². The Bertz CT molecular complexity index is 826. The van der Waals surface area contributed by atoms with Crippen LogP contribution in [0.3, 0.4) is 0 Å².